The molecular weight excluding hydrogens is 220 g/mol. The summed E-state index contributed by atoms with van der Waals surface area (Å²) in [5.74, 6) is 0. The summed E-state index contributed by atoms with van der Waals surface area (Å²) in [5, 5.41) is 2.23. The van der Waals surface area contributed by atoms with E-state index in [2.05, 4.69) is 59.5 Å². The number of hydrogen-bond donors (Lipinski definition) is 1. The van der Waals surface area contributed by atoms with Gasteiger partial charge in [-0.25, -0.2) is 5.01 Å². The van der Waals surface area contributed by atoms with Gasteiger partial charge in [-0.1, -0.05) is 55.1 Å². The first-order chi connectivity index (χ1) is 8.85. The molecule has 3 rings (SSSR count). The van der Waals surface area contributed by atoms with Crippen LogP contribution in [-0.4, -0.2) is 5.01 Å². The molecule has 0 bridgehead atoms. The first-order valence-electron chi connectivity index (χ1n) is 6.16. The average Bonchev–Trinajstić information content (AvgIpc) is 2.80. The van der Waals surface area contributed by atoms with Crippen molar-refractivity contribution in [1.82, 2.24) is 5.01 Å². The molecule has 90 valence electrons. The van der Waals surface area contributed by atoms with Crippen LogP contribution in [0.4, 0.5) is 5.69 Å². The van der Waals surface area contributed by atoms with Crippen LogP contribution in [0, 0.1) is 0 Å². The summed E-state index contributed by atoms with van der Waals surface area (Å²) in [5.41, 5.74) is 8.46. The smallest absolute Gasteiger partial charge is 0.0542 e. The van der Waals surface area contributed by atoms with E-state index in [-0.39, 0.29) is 0 Å². The predicted octanol–water partition coefficient (Wildman–Crippen LogP) is 3.67. The molecule has 0 amide bonds. The van der Waals surface area contributed by atoms with Crippen molar-refractivity contribution in [3.63, 3.8) is 0 Å². The molecule has 0 saturated carbocycles. The average molecular weight is 236 g/mol. The van der Waals surface area contributed by atoms with Crippen molar-refractivity contribution in [2.45, 2.75) is 13.1 Å². The van der Waals surface area contributed by atoms with Crippen molar-refractivity contribution in [2.75, 3.05) is 5.43 Å². The molecule has 2 heteroatoms. The second-order valence-electron chi connectivity index (χ2n) is 4.57. The third-order valence-corrected chi connectivity index (χ3v) is 3.23. The first kappa shape index (κ1) is 11.1. The number of hydrazine groups is 1. The van der Waals surface area contributed by atoms with Crippen LogP contribution < -0.4 is 5.43 Å². The van der Waals surface area contributed by atoms with Crippen molar-refractivity contribution in [3.05, 3.63) is 71.8 Å². The van der Waals surface area contributed by atoms with E-state index in [9.17, 15) is 0 Å². The molecule has 0 saturated heterocycles. The van der Waals surface area contributed by atoms with Crippen LogP contribution in [0.15, 0.2) is 55.1 Å². The van der Waals surface area contributed by atoms with Crippen molar-refractivity contribution < 1.29 is 0 Å². The van der Waals surface area contributed by atoms with E-state index in [0.29, 0.717) is 0 Å². The Morgan fingerprint density at radius 3 is 2.78 bits per heavy atom. The third-order valence-electron chi connectivity index (χ3n) is 3.23. The minimum atomic E-state index is 0.916. The topological polar surface area (TPSA) is 15.3 Å². The monoisotopic (exact) mass is 236 g/mol. The predicted molar refractivity (Wildman–Crippen MR) is 75.8 cm³/mol. The Labute approximate surface area is 108 Å². The molecule has 0 aliphatic carbocycles. The minimum absolute atomic E-state index is 0.916. The number of hydrogen-bond acceptors (Lipinski definition) is 2. The van der Waals surface area contributed by atoms with Gasteiger partial charge in [-0.2, -0.15) is 0 Å². The van der Waals surface area contributed by atoms with Gasteiger partial charge in [0.1, 0.15) is 0 Å². The molecule has 18 heavy (non-hydrogen) atoms. The van der Waals surface area contributed by atoms with E-state index in [1.165, 1.54) is 16.8 Å². The van der Waals surface area contributed by atoms with E-state index in [0.717, 1.165) is 18.7 Å². The number of rotatable bonds is 3. The fourth-order valence-electron chi connectivity index (χ4n) is 2.28. The van der Waals surface area contributed by atoms with Crippen molar-refractivity contribution in [3.8, 4) is 0 Å². The van der Waals surface area contributed by atoms with Gasteiger partial charge in [0.15, 0.2) is 0 Å². The van der Waals surface area contributed by atoms with Gasteiger partial charge in [0.05, 0.1) is 5.69 Å². The zero-order valence-electron chi connectivity index (χ0n) is 10.3. The third kappa shape index (κ3) is 2.15. The Balaban J connectivity index is 1.75. The van der Waals surface area contributed by atoms with E-state index in [1.54, 1.807) is 0 Å². The second-order valence-corrected chi connectivity index (χ2v) is 4.57. The molecule has 0 atom stereocenters. The van der Waals surface area contributed by atoms with Gasteiger partial charge >= 0.3 is 0 Å². The van der Waals surface area contributed by atoms with Gasteiger partial charge in [0.2, 0.25) is 0 Å². The van der Waals surface area contributed by atoms with Gasteiger partial charge in [-0.05, 0) is 22.8 Å². The first-order valence-corrected chi connectivity index (χ1v) is 6.16. The van der Waals surface area contributed by atoms with Gasteiger partial charge in [-0.3, -0.25) is 0 Å². The Morgan fingerprint density at radius 1 is 1.17 bits per heavy atom. The molecule has 0 unspecified atom stereocenters. The number of fused-ring (bicyclic) bond motifs is 1. The van der Waals surface area contributed by atoms with Crippen LogP contribution in [0.3, 0.4) is 0 Å². The van der Waals surface area contributed by atoms with Crippen LogP contribution in [0.25, 0.3) is 6.08 Å². The van der Waals surface area contributed by atoms with Gasteiger partial charge in [0.25, 0.3) is 0 Å². The number of nitrogens with zero attached hydrogens (tertiary/aromatic N) is 1. The van der Waals surface area contributed by atoms with Gasteiger partial charge < -0.3 is 5.43 Å². The molecule has 1 aliphatic heterocycles. The summed E-state index contributed by atoms with van der Waals surface area (Å²) in [4.78, 5) is 0. The van der Waals surface area contributed by atoms with Crippen molar-refractivity contribution in [1.29, 1.82) is 0 Å². The van der Waals surface area contributed by atoms with E-state index >= 15 is 0 Å². The molecule has 2 aromatic rings. The summed E-state index contributed by atoms with van der Waals surface area (Å²) in [7, 11) is 0. The Kier molecular flexibility index (Phi) is 2.87. The molecule has 0 radical (unpaired) electrons. The highest BCUT2D eigenvalue weighted by Gasteiger charge is 2.17. The van der Waals surface area contributed by atoms with Crippen LogP contribution in [-0.2, 0) is 13.1 Å². The minimum Gasteiger partial charge on any atom is -0.318 e. The summed E-state index contributed by atoms with van der Waals surface area (Å²) in [6.45, 7) is 5.66. The highest BCUT2D eigenvalue weighted by Crippen LogP contribution is 2.27. The summed E-state index contributed by atoms with van der Waals surface area (Å²) in [6, 6.07) is 16.9. The summed E-state index contributed by atoms with van der Waals surface area (Å²) in [6.07, 6.45) is 1.88. The Morgan fingerprint density at radius 2 is 2.00 bits per heavy atom. The largest absolute Gasteiger partial charge is 0.318 e. The van der Waals surface area contributed by atoms with Gasteiger partial charge in [0, 0.05) is 13.1 Å². The molecule has 0 aromatic heterocycles. The highest BCUT2D eigenvalue weighted by atomic mass is 15.5. The highest BCUT2D eigenvalue weighted by molar-refractivity contribution is 5.61. The second kappa shape index (κ2) is 4.67. The zero-order chi connectivity index (χ0) is 12.4. The number of benzene rings is 2. The van der Waals surface area contributed by atoms with Gasteiger partial charge in [-0.15, -0.1) is 0 Å². The normalized spacial score (nSPS) is 14.0. The molecule has 0 fully saturated rings. The van der Waals surface area contributed by atoms with Crippen LogP contribution in [0.2, 0.25) is 0 Å². The maximum absolute atomic E-state index is 3.80. The van der Waals surface area contributed by atoms with Crippen molar-refractivity contribution in [2.24, 2.45) is 0 Å². The maximum Gasteiger partial charge on any atom is 0.0542 e. The lowest BCUT2D eigenvalue weighted by Crippen LogP contribution is -2.22. The lowest BCUT2D eigenvalue weighted by Gasteiger charge is -2.15. The zero-order valence-corrected chi connectivity index (χ0v) is 10.3. The Hall–Kier alpha value is -2.06. The van der Waals surface area contributed by atoms with E-state index in [1.807, 2.05) is 12.1 Å². The SMILES string of the molecule is C=Cc1ccc2c(c1)NN(Cc1ccccc1)C2. The molecule has 2 nitrogen and oxygen atoms in total. The molecule has 0 spiro atoms. The summed E-state index contributed by atoms with van der Waals surface area (Å²) < 4.78 is 0. The van der Waals surface area contributed by atoms with E-state index < -0.39 is 0 Å². The lowest BCUT2D eigenvalue weighted by atomic mass is 10.1. The fraction of sp³-hybridized carbons (Fsp3) is 0.125. The lowest BCUT2D eigenvalue weighted by molar-refractivity contribution is 0.335. The number of nitrogens with one attached hydrogen (secondary N) is 1. The molecule has 2 aromatic carbocycles. The maximum atomic E-state index is 3.80. The van der Waals surface area contributed by atoms with Crippen molar-refractivity contribution >= 4 is 11.8 Å². The number of anilines is 1. The quantitative estimate of drug-likeness (QED) is 0.874. The van der Waals surface area contributed by atoms with Crippen LogP contribution in [0.5, 0.6) is 0 Å². The van der Waals surface area contributed by atoms with Crippen LogP contribution in [0.1, 0.15) is 16.7 Å². The summed E-state index contributed by atoms with van der Waals surface area (Å²) >= 11 is 0. The molecule has 1 heterocycles. The van der Waals surface area contributed by atoms with Crippen LogP contribution >= 0.6 is 0 Å². The molecular formula is C16H16N2. The standard InChI is InChI=1S/C16H16N2/c1-2-13-8-9-15-12-18(17-16(15)10-13)11-14-6-4-3-5-7-14/h2-10,17H,1,11-12H2. The Bertz CT molecular complexity index is 561. The van der Waals surface area contributed by atoms with E-state index in [4.69, 9.17) is 0 Å². The molecule has 1 aliphatic rings. The molecule has 1 N–H and O–H groups in total. The fourth-order valence-corrected chi connectivity index (χ4v) is 2.28.